The molecule has 3 aliphatic rings. The number of benzene rings is 4. The number of anilines is 3. The van der Waals surface area contributed by atoms with Crippen molar-refractivity contribution in [2.24, 2.45) is 10.8 Å². The maximum Gasteiger partial charge on any atom is 0.246 e. The molecule has 0 radical (unpaired) electrons. The van der Waals surface area contributed by atoms with Crippen molar-refractivity contribution in [2.75, 3.05) is 48.9 Å². The van der Waals surface area contributed by atoms with E-state index >= 15 is 0 Å². The molecular formula is C59H67FN8O8S. The summed E-state index contributed by atoms with van der Waals surface area (Å²) >= 11 is 1.60. The van der Waals surface area contributed by atoms with E-state index in [2.05, 4.69) is 36.1 Å². The highest BCUT2D eigenvalue weighted by Crippen LogP contribution is 2.48. The molecule has 1 aliphatic carbocycles. The predicted octanol–water partition coefficient (Wildman–Crippen LogP) is 9.96. The van der Waals surface area contributed by atoms with Gasteiger partial charge in [0, 0.05) is 62.2 Å². The zero-order chi connectivity index (χ0) is 54.3. The summed E-state index contributed by atoms with van der Waals surface area (Å²) in [6, 6.07) is 24.7. The summed E-state index contributed by atoms with van der Waals surface area (Å²) in [7, 11) is 1.64. The molecule has 77 heavy (non-hydrogen) atoms. The van der Waals surface area contributed by atoms with Crippen LogP contribution in [0.15, 0.2) is 103 Å². The maximum atomic E-state index is 14.1. The molecule has 1 saturated carbocycles. The minimum Gasteiger partial charge on any atom is -0.495 e. The van der Waals surface area contributed by atoms with Crippen LogP contribution in [0.4, 0.5) is 21.5 Å². The lowest BCUT2D eigenvalue weighted by atomic mass is 9.85. The third kappa shape index (κ3) is 13.1. The van der Waals surface area contributed by atoms with Gasteiger partial charge >= 0.3 is 0 Å². The zero-order valence-electron chi connectivity index (χ0n) is 44.3. The lowest BCUT2D eigenvalue weighted by Crippen LogP contribution is -2.57. The summed E-state index contributed by atoms with van der Waals surface area (Å²) in [5.74, 6) is -0.0798. The van der Waals surface area contributed by atoms with Crippen LogP contribution in [0.25, 0.3) is 21.3 Å². The lowest BCUT2D eigenvalue weighted by molar-refractivity contribution is -0.144. The van der Waals surface area contributed by atoms with Crippen LogP contribution in [0.3, 0.4) is 0 Å². The number of aromatic nitrogens is 2. The number of piperidine rings is 1. The number of aryl methyl sites for hydroxylation is 1. The average Bonchev–Trinajstić information content (AvgIpc) is 3.93. The molecule has 18 heteroatoms. The summed E-state index contributed by atoms with van der Waals surface area (Å²) in [5, 5.41) is 12.4. The molecular weight excluding hydrogens is 1000 g/mol. The predicted molar refractivity (Wildman–Crippen MR) is 295 cm³/mol. The fourth-order valence-corrected chi connectivity index (χ4v) is 10.8. The number of ether oxygens (including phenoxy) is 3. The van der Waals surface area contributed by atoms with Crippen molar-refractivity contribution in [2.45, 2.75) is 110 Å². The number of methoxy groups -OCH3 is 1. The van der Waals surface area contributed by atoms with Crippen LogP contribution in [0.2, 0.25) is 0 Å². The number of likely N-dealkylation sites (tertiary alicyclic amines) is 1. The topological polar surface area (TPSA) is 193 Å². The van der Waals surface area contributed by atoms with Crippen molar-refractivity contribution in [1.29, 1.82) is 0 Å². The SMILES string of the molecule is COc1cc2c(Oc3ccc(NC(=O)C4(C(=O)Nc5ccc(F)cc5)CC4)cc3)ccnc2cc1N1CCC(OCCCCC(=O)N[C@H](C(=O)N2CCC[C@H]2C(=O)NCc2ccc(-c3scnc3C)cc2)C(C)(C)C)CC1. The van der Waals surface area contributed by atoms with Gasteiger partial charge in [-0.25, -0.2) is 9.37 Å². The van der Waals surface area contributed by atoms with E-state index < -0.39 is 40.5 Å². The molecule has 4 aromatic carbocycles. The first-order chi connectivity index (χ1) is 37.1. The van der Waals surface area contributed by atoms with Gasteiger partial charge < -0.3 is 45.3 Å². The van der Waals surface area contributed by atoms with E-state index in [9.17, 15) is 28.4 Å². The Morgan fingerprint density at radius 3 is 2.16 bits per heavy atom. The molecule has 2 aliphatic heterocycles. The van der Waals surface area contributed by atoms with Crippen LogP contribution in [-0.4, -0.2) is 95.9 Å². The smallest absolute Gasteiger partial charge is 0.246 e. The average molecular weight is 1070 g/mol. The second-order valence-electron chi connectivity index (χ2n) is 21.2. The Kier molecular flexibility index (Phi) is 16.8. The Bertz CT molecular complexity index is 3080. The molecule has 2 aromatic heterocycles. The molecule has 9 rings (SSSR count). The number of unbranched alkanes of at least 4 members (excludes halogenated alkanes) is 1. The molecule has 404 valence electrons. The summed E-state index contributed by atoms with van der Waals surface area (Å²) in [4.78, 5) is 81.3. The van der Waals surface area contributed by atoms with E-state index in [-0.39, 0.29) is 30.2 Å². The number of carbonyl (C=O) groups excluding carboxylic acids is 5. The van der Waals surface area contributed by atoms with Crippen LogP contribution in [-0.2, 0) is 35.3 Å². The molecule has 3 fully saturated rings. The highest BCUT2D eigenvalue weighted by molar-refractivity contribution is 7.13. The Balaban J connectivity index is 0.704. The van der Waals surface area contributed by atoms with Gasteiger partial charge in [-0.15, -0.1) is 11.3 Å². The van der Waals surface area contributed by atoms with E-state index in [1.54, 1.807) is 59.9 Å². The molecule has 4 heterocycles. The number of nitrogens with one attached hydrogen (secondary N) is 4. The Morgan fingerprint density at radius 2 is 1.52 bits per heavy atom. The first kappa shape index (κ1) is 54.4. The van der Waals surface area contributed by atoms with E-state index in [4.69, 9.17) is 14.2 Å². The van der Waals surface area contributed by atoms with Gasteiger partial charge in [0.2, 0.25) is 29.5 Å². The first-order valence-electron chi connectivity index (χ1n) is 26.5. The summed E-state index contributed by atoms with van der Waals surface area (Å²) < 4.78 is 31.9. The van der Waals surface area contributed by atoms with Gasteiger partial charge in [-0.05, 0) is 142 Å². The van der Waals surface area contributed by atoms with Gasteiger partial charge in [0.15, 0.2) is 0 Å². The fourth-order valence-electron chi connectivity index (χ4n) is 10.00. The zero-order valence-corrected chi connectivity index (χ0v) is 45.1. The van der Waals surface area contributed by atoms with E-state index in [0.717, 1.165) is 64.2 Å². The van der Waals surface area contributed by atoms with Crippen LogP contribution in [0.1, 0.15) is 89.8 Å². The van der Waals surface area contributed by atoms with Crippen LogP contribution < -0.4 is 35.6 Å². The Labute approximate surface area is 452 Å². The van der Waals surface area contributed by atoms with Gasteiger partial charge in [0.25, 0.3) is 0 Å². The highest BCUT2D eigenvalue weighted by Gasteiger charge is 2.56. The van der Waals surface area contributed by atoms with E-state index in [1.165, 1.54) is 24.3 Å². The second-order valence-corrected chi connectivity index (χ2v) is 22.1. The summed E-state index contributed by atoms with van der Waals surface area (Å²) in [6.07, 6.45) is 7.05. The molecule has 0 bridgehead atoms. The van der Waals surface area contributed by atoms with Gasteiger partial charge in [0.1, 0.15) is 40.6 Å². The third-order valence-electron chi connectivity index (χ3n) is 14.7. The normalized spacial score (nSPS) is 16.6. The Morgan fingerprint density at radius 1 is 0.831 bits per heavy atom. The van der Waals surface area contributed by atoms with Gasteiger partial charge in [-0.3, -0.25) is 29.0 Å². The molecule has 16 nitrogen and oxygen atoms in total. The molecule has 0 unspecified atom stereocenters. The monoisotopic (exact) mass is 1070 g/mol. The number of nitrogens with zero attached hydrogens (tertiary/aromatic N) is 4. The number of amides is 5. The van der Waals surface area contributed by atoms with Gasteiger partial charge in [-0.1, -0.05) is 45.0 Å². The number of thiazole rings is 1. The number of pyridine rings is 1. The van der Waals surface area contributed by atoms with E-state index in [1.807, 2.05) is 69.6 Å². The highest BCUT2D eigenvalue weighted by atomic mass is 32.1. The first-order valence-corrected chi connectivity index (χ1v) is 27.3. The van der Waals surface area contributed by atoms with Crippen molar-refractivity contribution < 1.29 is 42.6 Å². The third-order valence-corrected chi connectivity index (χ3v) is 15.7. The lowest BCUT2D eigenvalue weighted by Gasteiger charge is -2.35. The second kappa shape index (κ2) is 23.8. The number of hydrogen-bond acceptors (Lipinski definition) is 12. The van der Waals surface area contributed by atoms with Gasteiger partial charge in [0.05, 0.1) is 40.5 Å². The number of hydrogen-bond donors (Lipinski definition) is 4. The van der Waals surface area contributed by atoms with Gasteiger partial charge in [-0.2, -0.15) is 0 Å². The standard InChI is InChI=1S/C59H67FN8O8S/c1-37-52(77-36-63-37)39-13-11-38(12-14-39)35-62-54(70)47-9-8-29-68(47)55(71)53(58(2,3)4)66-51(69)10-6-7-32-75-43-24-30-67(31-25-43)48-34-46-45(33-50(48)74-5)49(23-28-61-46)76-44-21-19-42(20-22-44)65-57(73)59(26-27-59)56(72)64-41-17-15-40(60)16-18-41/h11-23,28,33-34,36,43,47,53H,6-10,24-27,29-32,35H2,1-5H3,(H,62,70)(H,64,72)(H,65,73)(H,66,69)/t47-,53+/m0/s1. The summed E-state index contributed by atoms with van der Waals surface area (Å²) in [5.41, 5.74) is 5.70. The molecule has 0 spiro atoms. The number of rotatable bonds is 20. The molecule has 6 aromatic rings. The van der Waals surface area contributed by atoms with Crippen LogP contribution in [0, 0.1) is 23.6 Å². The number of carbonyl (C=O) groups is 5. The quantitative estimate of drug-likeness (QED) is 0.0420. The summed E-state index contributed by atoms with van der Waals surface area (Å²) in [6.45, 7) is 10.6. The number of fused-ring (bicyclic) bond motifs is 1. The number of halogens is 1. The molecule has 2 saturated heterocycles. The largest absolute Gasteiger partial charge is 0.495 e. The van der Waals surface area contributed by atoms with Crippen molar-refractivity contribution in [3.63, 3.8) is 0 Å². The van der Waals surface area contributed by atoms with Crippen molar-refractivity contribution in [3.05, 3.63) is 120 Å². The minimum absolute atomic E-state index is 0.0686. The fraction of sp³-hybridized carbons (Fsp3) is 0.407. The van der Waals surface area contributed by atoms with Crippen molar-refractivity contribution in [1.82, 2.24) is 25.5 Å². The van der Waals surface area contributed by atoms with Crippen molar-refractivity contribution in [3.8, 4) is 27.7 Å². The minimum atomic E-state index is -1.18. The molecule has 2 atom stereocenters. The van der Waals surface area contributed by atoms with Crippen LogP contribution >= 0.6 is 11.3 Å². The maximum absolute atomic E-state index is 14.1. The Hall–Kier alpha value is -7.44. The van der Waals surface area contributed by atoms with E-state index in [0.29, 0.717) is 86.8 Å². The van der Waals surface area contributed by atoms with Crippen molar-refractivity contribution >= 4 is 68.8 Å². The molecule has 4 N–H and O–H groups in total. The van der Waals surface area contributed by atoms with Crippen LogP contribution in [0.5, 0.6) is 17.2 Å². The molecule has 5 amide bonds.